The second-order valence-corrected chi connectivity index (χ2v) is 4.80. The highest BCUT2D eigenvalue weighted by Gasteiger charge is 2.40. The summed E-state index contributed by atoms with van der Waals surface area (Å²) in [4.78, 5) is 13.5. The number of carbonyl (C=O) groups is 1. The van der Waals surface area contributed by atoms with E-state index in [1.165, 1.54) is 0 Å². The molecular weight excluding hydrogens is 228 g/mol. The fraction of sp³-hybridized carbons (Fsp3) is 0.364. The third kappa shape index (κ3) is 1.99. The Labute approximate surface area is 98.6 Å². The third-order valence-electron chi connectivity index (χ3n) is 2.57. The molecule has 1 aromatic rings. The summed E-state index contributed by atoms with van der Waals surface area (Å²) >= 11 is 5.92. The van der Waals surface area contributed by atoms with Gasteiger partial charge in [-0.3, -0.25) is 4.79 Å². The predicted octanol–water partition coefficient (Wildman–Crippen LogP) is 1.13. The maximum Gasteiger partial charge on any atom is 0.255 e. The zero-order valence-electron chi connectivity index (χ0n) is 8.90. The molecule has 0 atom stereocenters. The zero-order chi connectivity index (χ0) is 11.9. The number of halogens is 1. The molecule has 16 heavy (non-hydrogen) atoms. The molecule has 4 nitrogen and oxygen atoms in total. The van der Waals surface area contributed by atoms with Gasteiger partial charge in [-0.1, -0.05) is 11.6 Å². The van der Waals surface area contributed by atoms with Gasteiger partial charge in [-0.2, -0.15) is 0 Å². The summed E-state index contributed by atoms with van der Waals surface area (Å²) < 4.78 is 0. The average Bonchev–Trinajstić information content (AvgIpc) is 2.17. The van der Waals surface area contributed by atoms with E-state index in [-0.39, 0.29) is 5.91 Å². The SMILES string of the molecule is CC1(O)CN(C(=O)c2cc(N)ccc2Cl)C1. The lowest BCUT2D eigenvalue weighted by molar-refractivity contribution is -0.0668. The number of rotatable bonds is 1. The van der Waals surface area contributed by atoms with Crippen molar-refractivity contribution in [2.24, 2.45) is 0 Å². The summed E-state index contributed by atoms with van der Waals surface area (Å²) in [5.41, 5.74) is 5.71. The number of likely N-dealkylation sites (tertiary alicyclic amines) is 1. The van der Waals surface area contributed by atoms with Crippen molar-refractivity contribution < 1.29 is 9.90 Å². The summed E-state index contributed by atoms with van der Waals surface area (Å²) in [6.07, 6.45) is 0. The van der Waals surface area contributed by atoms with Crippen LogP contribution < -0.4 is 5.73 Å². The number of anilines is 1. The highest BCUT2D eigenvalue weighted by atomic mass is 35.5. The van der Waals surface area contributed by atoms with Crippen molar-refractivity contribution >= 4 is 23.2 Å². The molecule has 0 unspecified atom stereocenters. The van der Waals surface area contributed by atoms with Crippen LogP contribution in [-0.4, -0.2) is 34.6 Å². The minimum Gasteiger partial charge on any atom is -0.399 e. The number of hydrogen-bond acceptors (Lipinski definition) is 3. The van der Waals surface area contributed by atoms with E-state index in [1.54, 1.807) is 30.0 Å². The molecular formula is C11H13ClN2O2. The van der Waals surface area contributed by atoms with E-state index in [2.05, 4.69) is 0 Å². The van der Waals surface area contributed by atoms with Crippen LogP contribution in [0.5, 0.6) is 0 Å². The molecule has 0 bridgehead atoms. The second kappa shape index (κ2) is 3.64. The number of carbonyl (C=O) groups excluding carboxylic acids is 1. The van der Waals surface area contributed by atoms with E-state index < -0.39 is 5.60 Å². The molecule has 0 radical (unpaired) electrons. The third-order valence-corrected chi connectivity index (χ3v) is 2.90. The first-order chi connectivity index (χ1) is 7.39. The molecule has 0 saturated carbocycles. The van der Waals surface area contributed by atoms with Crippen molar-refractivity contribution in [2.45, 2.75) is 12.5 Å². The Morgan fingerprint density at radius 2 is 2.19 bits per heavy atom. The normalized spacial score (nSPS) is 18.1. The lowest BCUT2D eigenvalue weighted by Crippen LogP contribution is -2.61. The summed E-state index contributed by atoms with van der Waals surface area (Å²) in [6, 6.07) is 4.80. The first-order valence-electron chi connectivity index (χ1n) is 4.96. The van der Waals surface area contributed by atoms with Gasteiger partial charge in [-0.15, -0.1) is 0 Å². The number of nitrogens with two attached hydrogens (primary N) is 1. The highest BCUT2D eigenvalue weighted by Crippen LogP contribution is 2.26. The number of aliphatic hydroxyl groups is 1. The van der Waals surface area contributed by atoms with Crippen LogP contribution in [0.2, 0.25) is 5.02 Å². The van der Waals surface area contributed by atoms with Crippen molar-refractivity contribution in [1.29, 1.82) is 0 Å². The molecule has 1 aliphatic heterocycles. The van der Waals surface area contributed by atoms with E-state index in [4.69, 9.17) is 17.3 Å². The minimum absolute atomic E-state index is 0.191. The molecule has 1 saturated heterocycles. The first-order valence-corrected chi connectivity index (χ1v) is 5.33. The molecule has 0 spiro atoms. The van der Waals surface area contributed by atoms with E-state index in [9.17, 15) is 9.90 Å². The van der Waals surface area contributed by atoms with E-state index in [0.717, 1.165) is 0 Å². The highest BCUT2D eigenvalue weighted by molar-refractivity contribution is 6.34. The van der Waals surface area contributed by atoms with Crippen LogP contribution in [0.15, 0.2) is 18.2 Å². The quantitative estimate of drug-likeness (QED) is 0.724. The number of β-amino-alcohol motifs (C(OH)–C–C–N with tert-alkyl or cyclic N) is 1. The van der Waals surface area contributed by atoms with Gasteiger partial charge in [0.2, 0.25) is 0 Å². The van der Waals surface area contributed by atoms with Crippen LogP contribution in [0.3, 0.4) is 0 Å². The smallest absolute Gasteiger partial charge is 0.255 e. The Morgan fingerprint density at radius 1 is 1.56 bits per heavy atom. The molecule has 3 N–H and O–H groups in total. The monoisotopic (exact) mass is 240 g/mol. The minimum atomic E-state index is -0.775. The maximum atomic E-state index is 12.0. The first kappa shape index (κ1) is 11.2. The number of benzene rings is 1. The maximum absolute atomic E-state index is 12.0. The lowest BCUT2D eigenvalue weighted by atomic mass is 9.96. The van der Waals surface area contributed by atoms with Gasteiger partial charge in [0.1, 0.15) is 0 Å². The van der Waals surface area contributed by atoms with Gasteiger partial charge in [0.15, 0.2) is 0 Å². The Kier molecular flexibility index (Phi) is 2.56. The molecule has 0 aromatic heterocycles. The van der Waals surface area contributed by atoms with E-state index in [1.807, 2.05) is 0 Å². The summed E-state index contributed by atoms with van der Waals surface area (Å²) in [5, 5.41) is 9.93. The number of amides is 1. The molecule has 1 fully saturated rings. The van der Waals surface area contributed by atoms with Crippen molar-refractivity contribution in [3.05, 3.63) is 28.8 Å². The summed E-state index contributed by atoms with van der Waals surface area (Å²) in [6.45, 7) is 2.35. The van der Waals surface area contributed by atoms with Crippen molar-refractivity contribution in [3.63, 3.8) is 0 Å². The standard InChI is InChI=1S/C11H13ClN2O2/c1-11(16)5-14(6-11)10(15)8-4-7(13)2-3-9(8)12/h2-4,16H,5-6,13H2,1H3. The van der Waals surface area contributed by atoms with Crippen LogP contribution in [0.1, 0.15) is 17.3 Å². The fourth-order valence-electron chi connectivity index (χ4n) is 1.80. The van der Waals surface area contributed by atoms with Crippen LogP contribution in [-0.2, 0) is 0 Å². The molecule has 1 aliphatic rings. The lowest BCUT2D eigenvalue weighted by Gasteiger charge is -2.44. The summed E-state index contributed by atoms with van der Waals surface area (Å²) in [7, 11) is 0. The molecule has 2 rings (SSSR count). The van der Waals surface area contributed by atoms with Gasteiger partial charge in [-0.05, 0) is 25.1 Å². The molecule has 0 aliphatic carbocycles. The fourth-order valence-corrected chi connectivity index (χ4v) is 2.00. The Hall–Kier alpha value is -1.26. The van der Waals surface area contributed by atoms with Crippen LogP contribution >= 0.6 is 11.6 Å². The van der Waals surface area contributed by atoms with Crippen molar-refractivity contribution in [1.82, 2.24) is 4.90 Å². The topological polar surface area (TPSA) is 66.6 Å². The molecule has 86 valence electrons. The van der Waals surface area contributed by atoms with Crippen molar-refractivity contribution in [3.8, 4) is 0 Å². The van der Waals surface area contributed by atoms with E-state index >= 15 is 0 Å². The molecule has 1 aromatic carbocycles. The number of nitrogen functional groups attached to an aromatic ring is 1. The van der Waals surface area contributed by atoms with Gasteiger partial charge in [0.05, 0.1) is 29.3 Å². The van der Waals surface area contributed by atoms with Crippen molar-refractivity contribution in [2.75, 3.05) is 18.8 Å². The zero-order valence-corrected chi connectivity index (χ0v) is 9.66. The van der Waals surface area contributed by atoms with Gasteiger partial charge < -0.3 is 15.7 Å². The Balaban J connectivity index is 2.19. The second-order valence-electron chi connectivity index (χ2n) is 4.40. The van der Waals surface area contributed by atoms with Gasteiger partial charge in [-0.25, -0.2) is 0 Å². The van der Waals surface area contributed by atoms with Crippen LogP contribution in [0, 0.1) is 0 Å². The van der Waals surface area contributed by atoms with Crippen LogP contribution in [0.25, 0.3) is 0 Å². The van der Waals surface area contributed by atoms with Gasteiger partial charge in [0, 0.05) is 5.69 Å². The molecule has 5 heteroatoms. The molecule has 1 heterocycles. The largest absolute Gasteiger partial charge is 0.399 e. The average molecular weight is 241 g/mol. The molecule has 1 amide bonds. The van der Waals surface area contributed by atoms with E-state index in [0.29, 0.717) is 29.4 Å². The van der Waals surface area contributed by atoms with Crippen LogP contribution in [0.4, 0.5) is 5.69 Å². The number of hydrogen-bond donors (Lipinski definition) is 2. The van der Waals surface area contributed by atoms with Gasteiger partial charge in [0.25, 0.3) is 5.91 Å². The predicted molar refractivity (Wildman–Crippen MR) is 62.4 cm³/mol. The number of nitrogens with zero attached hydrogens (tertiary/aromatic N) is 1. The Bertz CT molecular complexity index is 438. The summed E-state index contributed by atoms with van der Waals surface area (Å²) in [5.74, 6) is -0.191. The van der Waals surface area contributed by atoms with Gasteiger partial charge >= 0.3 is 0 Å². The Morgan fingerprint density at radius 3 is 2.75 bits per heavy atom.